The Balaban J connectivity index is 1.63. The van der Waals surface area contributed by atoms with Crippen molar-refractivity contribution in [3.8, 4) is 0 Å². The number of amides is 2. The van der Waals surface area contributed by atoms with Crippen LogP contribution in [0.25, 0.3) is 0 Å². The monoisotopic (exact) mass is 298 g/mol. The molecule has 0 spiro atoms. The predicted molar refractivity (Wildman–Crippen MR) is 81.2 cm³/mol. The SMILES string of the molecule is Cc1cccc(C(=O)NC2CN(c3ccc(F)cc3)C2=O)c1. The maximum atomic E-state index is 12.9. The van der Waals surface area contributed by atoms with Crippen LogP contribution in [0.1, 0.15) is 15.9 Å². The van der Waals surface area contributed by atoms with Crippen LogP contribution in [0.5, 0.6) is 0 Å². The van der Waals surface area contributed by atoms with Crippen molar-refractivity contribution >= 4 is 17.5 Å². The van der Waals surface area contributed by atoms with Crippen molar-refractivity contribution < 1.29 is 14.0 Å². The van der Waals surface area contributed by atoms with Gasteiger partial charge in [0.05, 0.1) is 6.54 Å². The molecule has 1 fully saturated rings. The fraction of sp³-hybridized carbons (Fsp3) is 0.176. The topological polar surface area (TPSA) is 49.4 Å². The lowest BCUT2D eigenvalue weighted by atomic mass is 10.0. The Bertz CT molecular complexity index is 728. The van der Waals surface area contributed by atoms with Gasteiger partial charge in [-0.25, -0.2) is 4.39 Å². The summed E-state index contributed by atoms with van der Waals surface area (Å²) in [6, 6.07) is 12.4. The second-order valence-electron chi connectivity index (χ2n) is 5.32. The highest BCUT2D eigenvalue weighted by molar-refractivity contribution is 6.07. The largest absolute Gasteiger partial charge is 0.339 e. The minimum atomic E-state index is -0.530. The van der Waals surface area contributed by atoms with Crippen LogP contribution in [0, 0.1) is 12.7 Å². The van der Waals surface area contributed by atoms with E-state index in [2.05, 4.69) is 5.32 Å². The quantitative estimate of drug-likeness (QED) is 0.884. The van der Waals surface area contributed by atoms with Crippen molar-refractivity contribution in [2.24, 2.45) is 0 Å². The number of aryl methyl sites for hydroxylation is 1. The van der Waals surface area contributed by atoms with Crippen molar-refractivity contribution in [3.63, 3.8) is 0 Å². The second-order valence-corrected chi connectivity index (χ2v) is 5.32. The molecule has 4 nitrogen and oxygen atoms in total. The van der Waals surface area contributed by atoms with Gasteiger partial charge in [-0.2, -0.15) is 0 Å². The first-order valence-electron chi connectivity index (χ1n) is 6.99. The summed E-state index contributed by atoms with van der Waals surface area (Å²) >= 11 is 0. The van der Waals surface area contributed by atoms with E-state index in [-0.39, 0.29) is 17.6 Å². The van der Waals surface area contributed by atoms with Gasteiger partial charge in [0.1, 0.15) is 11.9 Å². The van der Waals surface area contributed by atoms with Crippen molar-refractivity contribution in [1.29, 1.82) is 0 Å². The first kappa shape index (κ1) is 14.3. The number of rotatable bonds is 3. The number of β-lactam (4-membered cyclic amide) rings is 1. The van der Waals surface area contributed by atoms with Crippen LogP contribution in [0.3, 0.4) is 0 Å². The summed E-state index contributed by atoms with van der Waals surface area (Å²) in [5.41, 5.74) is 2.15. The Morgan fingerprint density at radius 3 is 2.59 bits per heavy atom. The lowest BCUT2D eigenvalue weighted by molar-refractivity contribution is -0.124. The molecule has 2 aromatic carbocycles. The number of hydrogen-bond donors (Lipinski definition) is 1. The van der Waals surface area contributed by atoms with E-state index in [4.69, 9.17) is 0 Å². The van der Waals surface area contributed by atoms with Gasteiger partial charge in [0.2, 0.25) is 0 Å². The molecule has 0 radical (unpaired) electrons. The van der Waals surface area contributed by atoms with Gasteiger partial charge in [0.25, 0.3) is 11.8 Å². The van der Waals surface area contributed by atoms with Crippen molar-refractivity contribution in [2.75, 3.05) is 11.4 Å². The van der Waals surface area contributed by atoms with Crippen LogP contribution in [0.4, 0.5) is 10.1 Å². The van der Waals surface area contributed by atoms with Crippen LogP contribution < -0.4 is 10.2 Å². The zero-order chi connectivity index (χ0) is 15.7. The molecule has 1 heterocycles. The van der Waals surface area contributed by atoms with E-state index in [1.54, 1.807) is 30.3 Å². The molecule has 0 bridgehead atoms. The average molecular weight is 298 g/mol. The highest BCUT2D eigenvalue weighted by Crippen LogP contribution is 2.22. The molecule has 0 aliphatic carbocycles. The van der Waals surface area contributed by atoms with Gasteiger partial charge in [-0.3, -0.25) is 9.59 Å². The Hall–Kier alpha value is -2.69. The summed E-state index contributed by atoms with van der Waals surface area (Å²) in [4.78, 5) is 25.7. The van der Waals surface area contributed by atoms with Gasteiger partial charge in [-0.15, -0.1) is 0 Å². The molecule has 1 unspecified atom stereocenters. The van der Waals surface area contributed by atoms with Crippen LogP contribution in [0.2, 0.25) is 0 Å². The third-order valence-corrected chi connectivity index (χ3v) is 3.65. The lowest BCUT2D eigenvalue weighted by Crippen LogP contribution is -2.64. The molecule has 5 heteroatoms. The molecular formula is C17H15FN2O2. The van der Waals surface area contributed by atoms with E-state index in [1.807, 2.05) is 13.0 Å². The standard InChI is InChI=1S/C17H15FN2O2/c1-11-3-2-4-12(9-11)16(21)19-15-10-20(17(15)22)14-7-5-13(18)6-8-14/h2-9,15H,10H2,1H3,(H,19,21). The summed E-state index contributed by atoms with van der Waals surface area (Å²) in [5, 5.41) is 2.72. The number of halogens is 1. The summed E-state index contributed by atoms with van der Waals surface area (Å²) in [5.74, 6) is -0.797. The number of nitrogens with one attached hydrogen (secondary N) is 1. The zero-order valence-electron chi connectivity index (χ0n) is 12.0. The maximum Gasteiger partial charge on any atom is 0.251 e. The molecular weight excluding hydrogens is 283 g/mol. The normalized spacial score (nSPS) is 17.1. The van der Waals surface area contributed by atoms with Gasteiger partial charge >= 0.3 is 0 Å². The van der Waals surface area contributed by atoms with Crippen molar-refractivity contribution in [3.05, 3.63) is 65.5 Å². The smallest absolute Gasteiger partial charge is 0.251 e. The number of anilines is 1. The molecule has 1 N–H and O–H groups in total. The first-order valence-corrected chi connectivity index (χ1v) is 6.99. The Morgan fingerprint density at radius 1 is 1.23 bits per heavy atom. The molecule has 2 amide bonds. The molecule has 1 aliphatic heterocycles. The van der Waals surface area contributed by atoms with E-state index in [0.717, 1.165) is 5.56 Å². The fourth-order valence-electron chi connectivity index (χ4n) is 2.42. The summed E-state index contributed by atoms with van der Waals surface area (Å²) in [7, 11) is 0. The highest BCUT2D eigenvalue weighted by atomic mass is 19.1. The molecule has 3 rings (SSSR count). The minimum absolute atomic E-state index is 0.187. The number of hydrogen-bond acceptors (Lipinski definition) is 2. The number of benzene rings is 2. The number of nitrogens with zero attached hydrogens (tertiary/aromatic N) is 1. The highest BCUT2D eigenvalue weighted by Gasteiger charge is 2.38. The van der Waals surface area contributed by atoms with Crippen LogP contribution in [-0.2, 0) is 4.79 Å². The molecule has 1 atom stereocenters. The summed E-state index contributed by atoms with van der Waals surface area (Å²) < 4.78 is 12.9. The van der Waals surface area contributed by atoms with Gasteiger partial charge in [0.15, 0.2) is 0 Å². The van der Waals surface area contributed by atoms with Crippen molar-refractivity contribution in [2.45, 2.75) is 13.0 Å². The van der Waals surface area contributed by atoms with Crippen LogP contribution in [-0.4, -0.2) is 24.4 Å². The van der Waals surface area contributed by atoms with E-state index in [9.17, 15) is 14.0 Å². The lowest BCUT2D eigenvalue weighted by Gasteiger charge is -2.38. The van der Waals surface area contributed by atoms with E-state index in [0.29, 0.717) is 17.8 Å². The van der Waals surface area contributed by atoms with Gasteiger partial charge in [-0.05, 0) is 43.3 Å². The molecule has 1 aliphatic rings. The van der Waals surface area contributed by atoms with Crippen molar-refractivity contribution in [1.82, 2.24) is 5.32 Å². The van der Waals surface area contributed by atoms with E-state index in [1.165, 1.54) is 17.0 Å². The fourth-order valence-corrected chi connectivity index (χ4v) is 2.42. The number of carbonyl (C=O) groups excluding carboxylic acids is 2. The van der Waals surface area contributed by atoms with Gasteiger partial charge in [-0.1, -0.05) is 17.7 Å². The Labute approximate surface area is 127 Å². The minimum Gasteiger partial charge on any atom is -0.339 e. The predicted octanol–water partition coefficient (Wildman–Crippen LogP) is 2.28. The second kappa shape index (κ2) is 5.60. The van der Waals surface area contributed by atoms with E-state index >= 15 is 0 Å². The third-order valence-electron chi connectivity index (χ3n) is 3.65. The first-order chi connectivity index (χ1) is 10.5. The van der Waals surface area contributed by atoms with Gasteiger partial charge < -0.3 is 10.2 Å². The molecule has 0 saturated carbocycles. The molecule has 1 saturated heterocycles. The summed E-state index contributed by atoms with van der Waals surface area (Å²) in [6.07, 6.45) is 0. The molecule has 0 aromatic heterocycles. The van der Waals surface area contributed by atoms with Crippen LogP contribution >= 0.6 is 0 Å². The molecule has 112 valence electrons. The maximum absolute atomic E-state index is 12.9. The Morgan fingerprint density at radius 2 is 1.95 bits per heavy atom. The average Bonchev–Trinajstić information content (AvgIpc) is 2.52. The van der Waals surface area contributed by atoms with Gasteiger partial charge in [0, 0.05) is 11.3 Å². The summed E-state index contributed by atoms with van der Waals surface area (Å²) in [6.45, 7) is 2.30. The van der Waals surface area contributed by atoms with E-state index < -0.39 is 6.04 Å². The Kier molecular flexibility index (Phi) is 3.63. The molecule has 22 heavy (non-hydrogen) atoms. The molecule has 2 aromatic rings. The number of carbonyl (C=O) groups is 2. The third kappa shape index (κ3) is 2.70. The van der Waals surface area contributed by atoms with Crippen LogP contribution in [0.15, 0.2) is 48.5 Å². The zero-order valence-corrected chi connectivity index (χ0v) is 12.0.